The predicted molar refractivity (Wildman–Crippen MR) is 48.9 cm³/mol. The second kappa shape index (κ2) is 5.77. The van der Waals surface area contributed by atoms with E-state index in [0.29, 0.717) is 18.7 Å². The smallest absolute Gasteiger partial charge is 0.334 e. The Morgan fingerprint density at radius 1 is 1.50 bits per heavy atom. The predicted octanol–water partition coefficient (Wildman–Crippen LogP) is 1.06. The van der Waals surface area contributed by atoms with Crippen molar-refractivity contribution >= 4 is 5.97 Å². The summed E-state index contributed by atoms with van der Waals surface area (Å²) in [6, 6.07) is 0. The van der Waals surface area contributed by atoms with E-state index in [1.54, 1.807) is 6.92 Å². The molecule has 3 heteroatoms. The van der Waals surface area contributed by atoms with Crippen LogP contribution in [0.1, 0.15) is 13.8 Å². The number of nitrogens with zero attached hydrogens (tertiary/aromatic N) is 1. The summed E-state index contributed by atoms with van der Waals surface area (Å²) in [5.41, 5.74) is 0.515. The number of hydrogen-bond acceptors (Lipinski definition) is 3. The number of likely N-dealkylation sites (N-methyl/N-ethyl adjacent to an activating group) is 1. The fraction of sp³-hybridized carbons (Fsp3) is 0.667. The molecule has 0 rings (SSSR count). The van der Waals surface area contributed by atoms with Gasteiger partial charge in [-0.3, -0.25) is 0 Å². The standard InChI is InChI=1S/C9H17NO2/c1-5-10(4)7-8(3)9(11)12-6-2/h3,5-7H2,1-2,4H3. The first-order valence-electron chi connectivity index (χ1n) is 4.15. The SMILES string of the molecule is C=C(CN(C)CC)C(=O)OCC. The summed E-state index contributed by atoms with van der Waals surface area (Å²) in [5, 5.41) is 0. The van der Waals surface area contributed by atoms with Gasteiger partial charge in [0, 0.05) is 12.1 Å². The van der Waals surface area contributed by atoms with Crippen molar-refractivity contribution in [3.63, 3.8) is 0 Å². The highest BCUT2D eigenvalue weighted by Crippen LogP contribution is 1.97. The van der Waals surface area contributed by atoms with Crippen LogP contribution >= 0.6 is 0 Å². The molecule has 0 bridgehead atoms. The van der Waals surface area contributed by atoms with Crippen LogP contribution in [0.3, 0.4) is 0 Å². The van der Waals surface area contributed by atoms with E-state index in [-0.39, 0.29) is 5.97 Å². The molecule has 0 fully saturated rings. The minimum absolute atomic E-state index is 0.294. The van der Waals surface area contributed by atoms with E-state index >= 15 is 0 Å². The van der Waals surface area contributed by atoms with E-state index in [1.807, 2.05) is 18.9 Å². The summed E-state index contributed by atoms with van der Waals surface area (Å²) in [6.45, 7) is 9.35. The Labute approximate surface area is 74.0 Å². The molecule has 0 aliphatic heterocycles. The number of carbonyl (C=O) groups excluding carboxylic acids is 1. The number of esters is 1. The molecule has 0 saturated heterocycles. The fourth-order valence-corrected chi connectivity index (χ4v) is 0.735. The minimum atomic E-state index is -0.294. The van der Waals surface area contributed by atoms with Crippen LogP contribution in [0, 0.1) is 0 Å². The van der Waals surface area contributed by atoms with Gasteiger partial charge < -0.3 is 9.64 Å². The zero-order valence-electron chi connectivity index (χ0n) is 8.09. The van der Waals surface area contributed by atoms with Gasteiger partial charge in [-0.25, -0.2) is 4.79 Å². The number of rotatable bonds is 5. The van der Waals surface area contributed by atoms with Crippen molar-refractivity contribution in [1.82, 2.24) is 4.90 Å². The Morgan fingerprint density at radius 2 is 2.08 bits per heavy atom. The van der Waals surface area contributed by atoms with E-state index in [0.717, 1.165) is 6.54 Å². The third-order valence-corrected chi connectivity index (χ3v) is 1.56. The minimum Gasteiger partial charge on any atom is -0.463 e. The lowest BCUT2D eigenvalue weighted by atomic mass is 10.3. The topological polar surface area (TPSA) is 29.5 Å². The first-order valence-corrected chi connectivity index (χ1v) is 4.15. The molecule has 0 heterocycles. The van der Waals surface area contributed by atoms with E-state index in [2.05, 4.69) is 6.58 Å². The zero-order chi connectivity index (χ0) is 9.56. The second-order valence-electron chi connectivity index (χ2n) is 2.65. The van der Waals surface area contributed by atoms with Crippen molar-refractivity contribution in [2.75, 3.05) is 26.7 Å². The number of ether oxygens (including phenoxy) is 1. The van der Waals surface area contributed by atoms with Gasteiger partial charge in [0.15, 0.2) is 0 Å². The molecule has 0 aromatic rings. The highest BCUT2D eigenvalue weighted by Gasteiger charge is 2.08. The summed E-state index contributed by atoms with van der Waals surface area (Å²) in [5.74, 6) is -0.294. The Kier molecular flexibility index (Phi) is 5.37. The second-order valence-corrected chi connectivity index (χ2v) is 2.65. The monoisotopic (exact) mass is 171 g/mol. The van der Waals surface area contributed by atoms with Crippen LogP contribution in [0.4, 0.5) is 0 Å². The van der Waals surface area contributed by atoms with Crippen LogP contribution < -0.4 is 0 Å². The molecular weight excluding hydrogens is 154 g/mol. The first-order chi connectivity index (χ1) is 5.61. The van der Waals surface area contributed by atoms with E-state index in [1.165, 1.54) is 0 Å². The molecular formula is C9H17NO2. The molecule has 0 atom stereocenters. The largest absolute Gasteiger partial charge is 0.463 e. The van der Waals surface area contributed by atoms with Crippen molar-refractivity contribution in [2.45, 2.75) is 13.8 Å². The molecule has 0 aromatic carbocycles. The lowest BCUT2D eigenvalue weighted by Gasteiger charge is -2.14. The molecule has 0 spiro atoms. The van der Waals surface area contributed by atoms with E-state index in [9.17, 15) is 4.79 Å². The highest BCUT2D eigenvalue weighted by molar-refractivity contribution is 5.88. The van der Waals surface area contributed by atoms with Crippen molar-refractivity contribution < 1.29 is 9.53 Å². The quantitative estimate of drug-likeness (QED) is 0.457. The molecule has 0 radical (unpaired) electrons. The normalized spacial score (nSPS) is 10.0. The molecule has 70 valence electrons. The van der Waals surface area contributed by atoms with Crippen LogP contribution in [-0.2, 0) is 9.53 Å². The number of hydrogen-bond donors (Lipinski definition) is 0. The van der Waals surface area contributed by atoms with Crippen LogP contribution in [-0.4, -0.2) is 37.6 Å². The fourth-order valence-electron chi connectivity index (χ4n) is 0.735. The van der Waals surface area contributed by atoms with Gasteiger partial charge in [-0.2, -0.15) is 0 Å². The Balaban J connectivity index is 3.79. The molecule has 12 heavy (non-hydrogen) atoms. The molecule has 0 aliphatic carbocycles. The Morgan fingerprint density at radius 3 is 2.50 bits per heavy atom. The summed E-state index contributed by atoms with van der Waals surface area (Å²) in [6.07, 6.45) is 0. The van der Waals surface area contributed by atoms with Crippen molar-refractivity contribution in [3.05, 3.63) is 12.2 Å². The van der Waals surface area contributed by atoms with Gasteiger partial charge in [0.25, 0.3) is 0 Å². The Bertz CT molecular complexity index is 166. The third-order valence-electron chi connectivity index (χ3n) is 1.56. The molecule has 0 saturated carbocycles. The molecule has 0 aromatic heterocycles. The van der Waals surface area contributed by atoms with Crippen LogP contribution in [0.15, 0.2) is 12.2 Å². The van der Waals surface area contributed by atoms with E-state index < -0.39 is 0 Å². The van der Waals surface area contributed by atoms with Gasteiger partial charge >= 0.3 is 5.97 Å². The van der Waals surface area contributed by atoms with E-state index in [4.69, 9.17) is 4.74 Å². The molecule has 0 unspecified atom stereocenters. The summed E-state index contributed by atoms with van der Waals surface area (Å²) >= 11 is 0. The molecule has 3 nitrogen and oxygen atoms in total. The van der Waals surface area contributed by atoms with Gasteiger partial charge in [-0.15, -0.1) is 0 Å². The van der Waals surface area contributed by atoms with Gasteiger partial charge in [-0.05, 0) is 20.5 Å². The molecule has 0 aliphatic rings. The maximum atomic E-state index is 11.0. The lowest BCUT2D eigenvalue weighted by molar-refractivity contribution is -0.138. The summed E-state index contributed by atoms with van der Waals surface area (Å²) in [4.78, 5) is 13.0. The van der Waals surface area contributed by atoms with Crippen LogP contribution in [0.5, 0.6) is 0 Å². The van der Waals surface area contributed by atoms with Gasteiger partial charge in [0.05, 0.1) is 6.61 Å². The highest BCUT2D eigenvalue weighted by atomic mass is 16.5. The van der Waals surface area contributed by atoms with Crippen molar-refractivity contribution in [3.8, 4) is 0 Å². The van der Waals surface area contributed by atoms with Gasteiger partial charge in [0.1, 0.15) is 0 Å². The lowest BCUT2D eigenvalue weighted by Crippen LogP contribution is -2.24. The Hall–Kier alpha value is -0.830. The van der Waals surface area contributed by atoms with Gasteiger partial charge in [-0.1, -0.05) is 13.5 Å². The van der Waals surface area contributed by atoms with Gasteiger partial charge in [0.2, 0.25) is 0 Å². The van der Waals surface area contributed by atoms with Crippen molar-refractivity contribution in [2.24, 2.45) is 0 Å². The van der Waals surface area contributed by atoms with Crippen molar-refractivity contribution in [1.29, 1.82) is 0 Å². The summed E-state index contributed by atoms with van der Waals surface area (Å²) < 4.78 is 4.78. The summed E-state index contributed by atoms with van der Waals surface area (Å²) in [7, 11) is 1.93. The average molecular weight is 171 g/mol. The van der Waals surface area contributed by atoms with Crippen LogP contribution in [0.2, 0.25) is 0 Å². The molecule has 0 amide bonds. The third kappa shape index (κ3) is 4.13. The zero-order valence-corrected chi connectivity index (χ0v) is 8.09. The maximum absolute atomic E-state index is 11.0. The number of carbonyl (C=O) groups is 1. The van der Waals surface area contributed by atoms with Crippen LogP contribution in [0.25, 0.3) is 0 Å². The molecule has 0 N–H and O–H groups in total. The maximum Gasteiger partial charge on any atom is 0.334 e. The average Bonchev–Trinajstić information content (AvgIpc) is 2.04. The first kappa shape index (κ1) is 11.2.